The maximum atomic E-state index is 12.5. The Morgan fingerprint density at radius 2 is 2.04 bits per heavy atom. The molecule has 3 aliphatic heterocycles. The first kappa shape index (κ1) is 18.8. The Balaban J connectivity index is 1.41. The van der Waals surface area contributed by atoms with E-state index in [0.29, 0.717) is 11.3 Å². The van der Waals surface area contributed by atoms with Gasteiger partial charge in [-0.2, -0.15) is 0 Å². The van der Waals surface area contributed by atoms with Gasteiger partial charge in [-0.25, -0.2) is 4.79 Å². The summed E-state index contributed by atoms with van der Waals surface area (Å²) in [6, 6.07) is 5.33. The minimum atomic E-state index is -0.543. The van der Waals surface area contributed by atoms with Crippen molar-refractivity contribution >= 4 is 29.2 Å². The van der Waals surface area contributed by atoms with Crippen molar-refractivity contribution in [3.05, 3.63) is 23.8 Å². The van der Waals surface area contributed by atoms with Crippen LogP contribution in [0.5, 0.6) is 0 Å². The summed E-state index contributed by atoms with van der Waals surface area (Å²) >= 11 is 0. The molecule has 150 valence electrons. The maximum Gasteiger partial charge on any atom is 0.338 e. The maximum absolute atomic E-state index is 12.5. The van der Waals surface area contributed by atoms with Gasteiger partial charge in [-0.1, -0.05) is 6.92 Å². The molecule has 0 radical (unpaired) electrons. The zero-order valence-electron chi connectivity index (χ0n) is 16.3. The zero-order valence-corrected chi connectivity index (χ0v) is 16.3. The van der Waals surface area contributed by atoms with E-state index >= 15 is 0 Å². The van der Waals surface area contributed by atoms with E-state index < -0.39 is 5.97 Å². The summed E-state index contributed by atoms with van der Waals surface area (Å²) < 4.78 is 5.28. The molecule has 0 saturated carbocycles. The molecule has 3 heterocycles. The summed E-state index contributed by atoms with van der Waals surface area (Å²) in [6.45, 7) is 3.41. The van der Waals surface area contributed by atoms with Gasteiger partial charge in [-0.15, -0.1) is 0 Å². The molecule has 0 unspecified atom stereocenters. The fourth-order valence-electron chi connectivity index (χ4n) is 4.60. The topological polar surface area (TPSA) is 79.0 Å². The van der Waals surface area contributed by atoms with E-state index in [1.807, 2.05) is 11.0 Å². The Morgan fingerprint density at radius 3 is 2.86 bits per heavy atom. The minimum absolute atomic E-state index is 0.0265. The first-order valence-electron chi connectivity index (χ1n) is 10.3. The smallest absolute Gasteiger partial charge is 0.338 e. The lowest BCUT2D eigenvalue weighted by molar-refractivity contribution is -0.138. The highest BCUT2D eigenvalue weighted by Gasteiger charge is 2.36. The van der Waals surface area contributed by atoms with Crippen molar-refractivity contribution in [1.29, 1.82) is 0 Å². The normalized spacial score (nSPS) is 23.7. The second kappa shape index (κ2) is 7.81. The van der Waals surface area contributed by atoms with Crippen molar-refractivity contribution in [3.8, 4) is 0 Å². The molecule has 0 spiro atoms. The number of carbonyl (C=O) groups excluding carboxylic acids is 3. The number of rotatable bonds is 4. The number of piperidine rings is 1. The van der Waals surface area contributed by atoms with Gasteiger partial charge in [0.2, 0.25) is 5.91 Å². The van der Waals surface area contributed by atoms with Crippen molar-refractivity contribution in [3.63, 3.8) is 0 Å². The van der Waals surface area contributed by atoms with E-state index in [1.165, 1.54) is 0 Å². The van der Waals surface area contributed by atoms with Gasteiger partial charge in [0, 0.05) is 19.1 Å². The number of nitrogens with zero attached hydrogens (tertiary/aromatic N) is 2. The van der Waals surface area contributed by atoms with Gasteiger partial charge >= 0.3 is 5.97 Å². The molecule has 0 aliphatic carbocycles. The molecule has 0 aromatic heterocycles. The predicted octanol–water partition coefficient (Wildman–Crippen LogP) is 2.56. The average Bonchev–Trinajstić information content (AvgIpc) is 3.22. The van der Waals surface area contributed by atoms with Crippen molar-refractivity contribution in [1.82, 2.24) is 4.90 Å². The Kier molecular flexibility index (Phi) is 5.24. The number of ether oxygens (including phenoxy) is 1. The minimum Gasteiger partial charge on any atom is -0.452 e. The highest BCUT2D eigenvalue weighted by Crippen LogP contribution is 2.37. The van der Waals surface area contributed by atoms with Crippen molar-refractivity contribution in [2.45, 2.75) is 57.5 Å². The second-order valence-electron chi connectivity index (χ2n) is 7.79. The van der Waals surface area contributed by atoms with Crippen molar-refractivity contribution < 1.29 is 19.1 Å². The van der Waals surface area contributed by atoms with Crippen LogP contribution in [0.3, 0.4) is 0 Å². The summed E-state index contributed by atoms with van der Waals surface area (Å²) in [6.07, 6.45) is 5.91. The van der Waals surface area contributed by atoms with Gasteiger partial charge in [-0.05, 0) is 56.7 Å². The highest BCUT2D eigenvalue weighted by atomic mass is 16.5. The van der Waals surface area contributed by atoms with Gasteiger partial charge in [0.25, 0.3) is 5.91 Å². The lowest BCUT2D eigenvalue weighted by atomic mass is 10.00. The van der Waals surface area contributed by atoms with E-state index in [4.69, 9.17) is 4.74 Å². The number of carbonyl (C=O) groups is 3. The molecule has 2 atom stereocenters. The molecule has 3 aliphatic rings. The molecular weight excluding hydrogens is 358 g/mol. The molecule has 7 heteroatoms. The Bertz CT molecular complexity index is 794. The van der Waals surface area contributed by atoms with E-state index in [9.17, 15) is 14.4 Å². The van der Waals surface area contributed by atoms with Gasteiger partial charge in [0.1, 0.15) is 6.04 Å². The monoisotopic (exact) mass is 385 g/mol. The molecule has 1 N–H and O–H groups in total. The van der Waals surface area contributed by atoms with Crippen LogP contribution in [0.25, 0.3) is 0 Å². The van der Waals surface area contributed by atoms with Crippen LogP contribution < -0.4 is 10.2 Å². The molecule has 1 aromatic rings. The summed E-state index contributed by atoms with van der Waals surface area (Å²) in [7, 11) is 0. The number of benzene rings is 1. The number of hydrogen-bond donors (Lipinski definition) is 1. The van der Waals surface area contributed by atoms with Gasteiger partial charge < -0.3 is 19.9 Å². The molecule has 28 heavy (non-hydrogen) atoms. The van der Waals surface area contributed by atoms with E-state index in [0.717, 1.165) is 57.3 Å². The first-order chi connectivity index (χ1) is 13.6. The number of anilines is 2. The van der Waals surface area contributed by atoms with Crippen LogP contribution in [0.2, 0.25) is 0 Å². The Hall–Kier alpha value is -2.57. The first-order valence-corrected chi connectivity index (χ1v) is 10.3. The van der Waals surface area contributed by atoms with Gasteiger partial charge in [-0.3, -0.25) is 9.59 Å². The van der Waals surface area contributed by atoms with Gasteiger partial charge in [0.15, 0.2) is 6.61 Å². The molecule has 4 rings (SSSR count). The van der Waals surface area contributed by atoms with Crippen LogP contribution in [-0.2, 0) is 14.3 Å². The number of hydrogen-bond acceptors (Lipinski definition) is 5. The van der Waals surface area contributed by atoms with Gasteiger partial charge in [0.05, 0.1) is 16.9 Å². The molecule has 0 bridgehead atoms. The highest BCUT2D eigenvalue weighted by molar-refractivity contribution is 6.05. The SMILES string of the molecule is CC[C@H]1CCCCN1C(=O)COC(=O)c1ccc2c(c1)NC(=O)[C@H]1CCCN21. The average molecular weight is 385 g/mol. The molecule has 1 aromatic carbocycles. The fraction of sp³-hybridized carbons (Fsp3) is 0.571. The predicted molar refractivity (Wildman–Crippen MR) is 105 cm³/mol. The van der Waals surface area contributed by atoms with E-state index in [2.05, 4.69) is 17.1 Å². The number of amides is 2. The summed E-state index contributed by atoms with van der Waals surface area (Å²) in [4.78, 5) is 41.1. The lowest BCUT2D eigenvalue weighted by Crippen LogP contribution is -2.45. The van der Waals surface area contributed by atoms with Crippen LogP contribution >= 0.6 is 0 Å². The lowest BCUT2D eigenvalue weighted by Gasteiger charge is -2.35. The number of likely N-dealkylation sites (tertiary alicyclic amines) is 1. The Labute approximate surface area is 165 Å². The third-order valence-corrected chi connectivity index (χ3v) is 6.10. The van der Waals surface area contributed by atoms with Crippen LogP contribution in [-0.4, -0.2) is 54.5 Å². The number of fused-ring (bicyclic) bond motifs is 3. The second-order valence-corrected chi connectivity index (χ2v) is 7.79. The molecule has 2 amide bonds. The van der Waals surface area contributed by atoms with Crippen LogP contribution in [0.1, 0.15) is 55.8 Å². The van der Waals surface area contributed by atoms with Crippen LogP contribution in [0.15, 0.2) is 18.2 Å². The molecular formula is C21H27N3O4. The van der Waals surface area contributed by atoms with Crippen molar-refractivity contribution in [2.24, 2.45) is 0 Å². The third-order valence-electron chi connectivity index (χ3n) is 6.10. The molecule has 2 fully saturated rings. The quantitative estimate of drug-likeness (QED) is 0.806. The number of esters is 1. The van der Waals surface area contributed by atoms with E-state index in [-0.39, 0.29) is 30.5 Å². The van der Waals surface area contributed by atoms with Crippen LogP contribution in [0, 0.1) is 0 Å². The summed E-state index contributed by atoms with van der Waals surface area (Å²) in [5.74, 6) is -0.702. The zero-order chi connectivity index (χ0) is 19.7. The van der Waals surface area contributed by atoms with E-state index in [1.54, 1.807) is 12.1 Å². The molecule has 7 nitrogen and oxygen atoms in total. The van der Waals surface area contributed by atoms with Crippen LogP contribution in [0.4, 0.5) is 11.4 Å². The third kappa shape index (κ3) is 3.45. The fourth-order valence-corrected chi connectivity index (χ4v) is 4.60. The summed E-state index contributed by atoms with van der Waals surface area (Å²) in [5, 5.41) is 2.89. The summed E-state index contributed by atoms with van der Waals surface area (Å²) in [5.41, 5.74) is 1.91. The molecule has 2 saturated heterocycles. The standard InChI is InChI=1S/C21H27N3O4/c1-2-15-6-3-4-10-23(15)19(25)13-28-21(27)14-8-9-17-16(12-14)22-20(26)18-7-5-11-24(17)18/h8-9,12,15,18H,2-7,10-11,13H2,1H3,(H,22,26)/t15-,18+/m0/s1. The largest absolute Gasteiger partial charge is 0.452 e. The Morgan fingerprint density at radius 1 is 1.18 bits per heavy atom. The number of nitrogens with one attached hydrogen (secondary N) is 1. The van der Waals surface area contributed by atoms with Crippen molar-refractivity contribution in [2.75, 3.05) is 29.9 Å².